The molecule has 0 aliphatic heterocycles. The number of nitrogens with one attached hydrogen (secondary N) is 1. The normalized spacial score (nSPS) is 10.4. The summed E-state index contributed by atoms with van der Waals surface area (Å²) in [5.41, 5.74) is 1.38. The lowest BCUT2D eigenvalue weighted by Gasteiger charge is -2.03. The van der Waals surface area contributed by atoms with Crippen LogP contribution in [-0.2, 0) is 0 Å². The van der Waals surface area contributed by atoms with Crippen molar-refractivity contribution >= 4 is 23.5 Å². The van der Waals surface area contributed by atoms with Gasteiger partial charge in [0.25, 0.3) is 17.3 Å². The number of hydrogen-bond acceptors (Lipinski definition) is 7. The highest BCUT2D eigenvalue weighted by atomic mass is 16.6. The average molecular weight is 344 g/mol. The lowest BCUT2D eigenvalue weighted by molar-refractivity contribution is -0.394. The van der Waals surface area contributed by atoms with E-state index in [1.807, 2.05) is 0 Å². The molecule has 2 aromatic carbocycles. The fourth-order valence-corrected chi connectivity index (χ4v) is 1.94. The topological polar surface area (TPSA) is 137 Å². The number of rotatable bonds is 6. The van der Waals surface area contributed by atoms with Gasteiger partial charge in [0.15, 0.2) is 0 Å². The molecule has 10 nitrogen and oxygen atoms in total. The fraction of sp³-hybridized carbons (Fsp3) is 0.0667. The summed E-state index contributed by atoms with van der Waals surface area (Å²) in [6.45, 7) is 0. The summed E-state index contributed by atoms with van der Waals surface area (Å²) in [7, 11) is 1.48. The van der Waals surface area contributed by atoms with Gasteiger partial charge in [-0.15, -0.1) is 0 Å². The maximum Gasteiger partial charge on any atom is 0.277 e. The first-order chi connectivity index (χ1) is 11.9. The standard InChI is InChI=1S/C15H12N4O6/c1-25-14-5-3-2-4-10(14)9-16-17-15(20)11-6-12(18(21)22)8-13(7-11)19(23)24/h2-9H,1H3,(H,17,20). The van der Waals surface area contributed by atoms with Gasteiger partial charge in [-0.25, -0.2) is 5.43 Å². The summed E-state index contributed by atoms with van der Waals surface area (Å²) in [5, 5.41) is 25.4. The van der Waals surface area contributed by atoms with Gasteiger partial charge in [0.2, 0.25) is 0 Å². The van der Waals surface area contributed by atoms with Gasteiger partial charge in [-0.3, -0.25) is 25.0 Å². The van der Waals surface area contributed by atoms with Crippen molar-refractivity contribution in [3.63, 3.8) is 0 Å². The Hall–Kier alpha value is -3.82. The molecule has 10 heteroatoms. The third-order valence-electron chi connectivity index (χ3n) is 3.10. The van der Waals surface area contributed by atoms with Gasteiger partial charge in [-0.1, -0.05) is 12.1 Å². The predicted molar refractivity (Wildman–Crippen MR) is 87.8 cm³/mol. The quantitative estimate of drug-likeness (QED) is 0.485. The highest BCUT2D eigenvalue weighted by Gasteiger charge is 2.19. The summed E-state index contributed by atoms with van der Waals surface area (Å²) < 4.78 is 5.12. The van der Waals surface area contributed by atoms with Crippen LogP contribution in [0.3, 0.4) is 0 Å². The zero-order chi connectivity index (χ0) is 18.4. The van der Waals surface area contributed by atoms with Crippen LogP contribution in [-0.4, -0.2) is 29.1 Å². The first-order valence-electron chi connectivity index (χ1n) is 6.82. The van der Waals surface area contributed by atoms with E-state index in [1.165, 1.54) is 13.3 Å². The summed E-state index contributed by atoms with van der Waals surface area (Å²) in [4.78, 5) is 32.1. The van der Waals surface area contributed by atoms with E-state index in [2.05, 4.69) is 10.5 Å². The molecule has 0 aliphatic rings. The molecule has 0 atom stereocenters. The van der Waals surface area contributed by atoms with Crippen LogP contribution in [0.25, 0.3) is 0 Å². The SMILES string of the molecule is COc1ccccc1C=NNC(=O)c1cc([N+](=O)[O-])cc([N+](=O)[O-])c1. The molecule has 0 aliphatic carbocycles. The second-order valence-corrected chi connectivity index (χ2v) is 4.69. The molecule has 0 bridgehead atoms. The Labute approximate surface area is 141 Å². The minimum Gasteiger partial charge on any atom is -0.496 e. The highest BCUT2D eigenvalue weighted by molar-refractivity contribution is 5.96. The molecule has 25 heavy (non-hydrogen) atoms. The number of hydrogen-bond donors (Lipinski definition) is 1. The number of nitrogens with zero attached hydrogens (tertiary/aromatic N) is 3. The molecule has 0 saturated heterocycles. The molecule has 2 aromatic rings. The van der Waals surface area contributed by atoms with Crippen LogP contribution in [0.2, 0.25) is 0 Å². The third-order valence-corrected chi connectivity index (χ3v) is 3.10. The third kappa shape index (κ3) is 4.34. The van der Waals surface area contributed by atoms with Gasteiger partial charge in [0.05, 0.1) is 34.8 Å². The number of carbonyl (C=O) groups is 1. The van der Waals surface area contributed by atoms with E-state index in [4.69, 9.17) is 4.74 Å². The van der Waals surface area contributed by atoms with Crippen molar-refractivity contribution in [3.8, 4) is 5.75 Å². The predicted octanol–water partition coefficient (Wildman–Crippen LogP) is 2.28. The summed E-state index contributed by atoms with van der Waals surface area (Å²) >= 11 is 0. The molecule has 1 amide bonds. The van der Waals surface area contributed by atoms with E-state index in [-0.39, 0.29) is 5.56 Å². The summed E-state index contributed by atoms with van der Waals surface area (Å²) in [6, 6.07) is 9.54. The van der Waals surface area contributed by atoms with Crippen LogP contribution < -0.4 is 10.2 Å². The Bertz CT molecular complexity index is 833. The Morgan fingerprint density at radius 2 is 1.72 bits per heavy atom. The minimum absolute atomic E-state index is 0.252. The van der Waals surface area contributed by atoms with Crippen molar-refractivity contribution in [1.82, 2.24) is 5.43 Å². The fourth-order valence-electron chi connectivity index (χ4n) is 1.94. The van der Waals surface area contributed by atoms with Crippen LogP contribution in [0.15, 0.2) is 47.6 Å². The van der Waals surface area contributed by atoms with Gasteiger partial charge in [0.1, 0.15) is 5.75 Å². The Kier molecular flexibility index (Phi) is 5.36. The zero-order valence-electron chi connectivity index (χ0n) is 12.9. The van der Waals surface area contributed by atoms with E-state index in [0.717, 1.165) is 18.2 Å². The number of benzene rings is 2. The molecule has 2 rings (SSSR count). The highest BCUT2D eigenvalue weighted by Crippen LogP contribution is 2.22. The van der Waals surface area contributed by atoms with Crippen LogP contribution in [0.4, 0.5) is 11.4 Å². The van der Waals surface area contributed by atoms with Crippen molar-refractivity contribution in [2.45, 2.75) is 0 Å². The number of ether oxygens (including phenoxy) is 1. The van der Waals surface area contributed by atoms with E-state index in [1.54, 1.807) is 24.3 Å². The number of nitro groups is 2. The number of hydrazone groups is 1. The first kappa shape index (κ1) is 17.5. The Morgan fingerprint density at radius 1 is 1.12 bits per heavy atom. The molecule has 0 aromatic heterocycles. The molecule has 0 heterocycles. The largest absolute Gasteiger partial charge is 0.496 e. The molecular weight excluding hydrogens is 332 g/mol. The number of carbonyl (C=O) groups excluding carboxylic acids is 1. The van der Waals surface area contributed by atoms with Crippen molar-refractivity contribution in [3.05, 3.63) is 73.8 Å². The summed E-state index contributed by atoms with van der Waals surface area (Å²) in [5.74, 6) is -0.288. The molecule has 0 fully saturated rings. The van der Waals surface area contributed by atoms with Gasteiger partial charge in [-0.2, -0.15) is 5.10 Å². The Morgan fingerprint density at radius 3 is 2.28 bits per heavy atom. The first-order valence-corrected chi connectivity index (χ1v) is 6.82. The van der Waals surface area contributed by atoms with Crippen LogP contribution in [0, 0.1) is 20.2 Å². The van der Waals surface area contributed by atoms with E-state index < -0.39 is 27.1 Å². The maximum atomic E-state index is 12.0. The number of methoxy groups -OCH3 is 1. The van der Waals surface area contributed by atoms with Crippen LogP contribution in [0.5, 0.6) is 5.75 Å². The minimum atomic E-state index is -0.821. The van der Waals surface area contributed by atoms with Crippen molar-refractivity contribution in [1.29, 1.82) is 0 Å². The smallest absolute Gasteiger partial charge is 0.277 e. The van der Waals surface area contributed by atoms with Crippen molar-refractivity contribution < 1.29 is 19.4 Å². The van der Waals surface area contributed by atoms with Gasteiger partial charge >= 0.3 is 0 Å². The second-order valence-electron chi connectivity index (χ2n) is 4.69. The Balaban J connectivity index is 2.22. The van der Waals surface area contributed by atoms with Gasteiger partial charge < -0.3 is 4.74 Å². The molecular formula is C15H12N4O6. The zero-order valence-corrected chi connectivity index (χ0v) is 12.9. The van der Waals surface area contributed by atoms with Crippen molar-refractivity contribution in [2.24, 2.45) is 5.10 Å². The molecule has 0 radical (unpaired) electrons. The monoisotopic (exact) mass is 344 g/mol. The van der Waals surface area contributed by atoms with Gasteiger partial charge in [-0.05, 0) is 12.1 Å². The van der Waals surface area contributed by atoms with Crippen molar-refractivity contribution in [2.75, 3.05) is 7.11 Å². The lowest BCUT2D eigenvalue weighted by atomic mass is 10.1. The van der Waals surface area contributed by atoms with E-state index in [9.17, 15) is 25.0 Å². The number of amides is 1. The summed E-state index contributed by atoms with van der Waals surface area (Å²) in [6.07, 6.45) is 1.32. The van der Waals surface area contributed by atoms with Gasteiger partial charge in [0, 0.05) is 17.7 Å². The van der Waals surface area contributed by atoms with Crippen LogP contribution >= 0.6 is 0 Å². The lowest BCUT2D eigenvalue weighted by Crippen LogP contribution is -2.18. The number of non-ortho nitro benzene ring substituents is 2. The van der Waals surface area contributed by atoms with E-state index in [0.29, 0.717) is 11.3 Å². The molecule has 1 N–H and O–H groups in total. The molecule has 0 unspecified atom stereocenters. The average Bonchev–Trinajstić information content (AvgIpc) is 2.61. The molecule has 128 valence electrons. The maximum absolute atomic E-state index is 12.0. The number of nitro benzene ring substituents is 2. The molecule has 0 saturated carbocycles. The second kappa shape index (κ2) is 7.64. The van der Waals surface area contributed by atoms with Crippen LogP contribution in [0.1, 0.15) is 15.9 Å². The molecule has 0 spiro atoms. The van der Waals surface area contributed by atoms with E-state index >= 15 is 0 Å². The number of para-hydroxylation sites is 1.